The second-order valence-electron chi connectivity index (χ2n) is 3.59. The molecule has 0 amide bonds. The molecule has 0 aliphatic rings. The van der Waals surface area contributed by atoms with E-state index >= 15 is 0 Å². The van der Waals surface area contributed by atoms with Gasteiger partial charge < -0.3 is 0 Å². The lowest BCUT2D eigenvalue weighted by molar-refractivity contribution is 0.849. The molecule has 0 spiro atoms. The summed E-state index contributed by atoms with van der Waals surface area (Å²) in [6, 6.07) is 2.23. The summed E-state index contributed by atoms with van der Waals surface area (Å²) in [5.41, 5.74) is 4.08. The molecule has 0 N–H and O–H groups in total. The number of rotatable bonds is 4. The van der Waals surface area contributed by atoms with Gasteiger partial charge in [-0.2, -0.15) is 0 Å². The fraction of sp³-hybridized carbons (Fsp3) is 0.643. The van der Waals surface area contributed by atoms with Crippen LogP contribution in [0.5, 0.6) is 0 Å². The van der Waals surface area contributed by atoms with Crippen molar-refractivity contribution < 1.29 is 0 Å². The van der Waals surface area contributed by atoms with Gasteiger partial charge in [0.15, 0.2) is 0 Å². The topological polar surface area (TPSA) is 12.9 Å². The Labute approximate surface area is 94.9 Å². The minimum absolute atomic E-state index is 1.14. The Balaban J connectivity index is 0.000000921. The fourth-order valence-corrected chi connectivity index (χ4v) is 1.64. The Morgan fingerprint density at radius 1 is 1.00 bits per heavy atom. The Kier molecular flexibility index (Phi) is 7.98. The second kappa shape index (κ2) is 8.46. The lowest BCUT2D eigenvalue weighted by atomic mass is 10.0. The molecular weight excluding hydrogens is 182 g/mol. The number of aryl methyl sites for hydroxylation is 3. The highest BCUT2D eigenvalue weighted by atomic mass is 14.7. The molecule has 0 aromatic carbocycles. The van der Waals surface area contributed by atoms with E-state index in [1.165, 1.54) is 36.8 Å². The van der Waals surface area contributed by atoms with Crippen molar-refractivity contribution in [2.45, 2.75) is 60.3 Å². The summed E-state index contributed by atoms with van der Waals surface area (Å²) in [4.78, 5) is 4.34. The van der Waals surface area contributed by atoms with Crippen LogP contribution in [0.3, 0.4) is 0 Å². The van der Waals surface area contributed by atoms with Gasteiger partial charge in [-0.3, -0.25) is 4.98 Å². The normalized spacial score (nSPS) is 9.40. The molecular formula is C14H25N. The largest absolute Gasteiger partial charge is 0.261 e. The van der Waals surface area contributed by atoms with Crippen LogP contribution in [0.15, 0.2) is 12.3 Å². The van der Waals surface area contributed by atoms with Crippen molar-refractivity contribution in [1.82, 2.24) is 4.98 Å². The van der Waals surface area contributed by atoms with E-state index in [0.717, 1.165) is 5.69 Å². The van der Waals surface area contributed by atoms with Gasteiger partial charge in [-0.05, 0) is 37.0 Å². The van der Waals surface area contributed by atoms with Crippen LogP contribution >= 0.6 is 0 Å². The van der Waals surface area contributed by atoms with Gasteiger partial charge in [0.2, 0.25) is 0 Å². The van der Waals surface area contributed by atoms with Crippen LogP contribution in [0.4, 0.5) is 0 Å². The zero-order valence-corrected chi connectivity index (χ0v) is 10.9. The summed E-state index contributed by atoms with van der Waals surface area (Å²) in [5.74, 6) is 0. The van der Waals surface area contributed by atoms with Crippen molar-refractivity contribution in [3.05, 3.63) is 29.1 Å². The molecule has 0 saturated carbocycles. The molecule has 0 unspecified atom stereocenters. The zero-order chi connectivity index (χ0) is 11.7. The molecule has 1 rings (SSSR count). The van der Waals surface area contributed by atoms with E-state index in [0.29, 0.717) is 0 Å². The molecule has 0 atom stereocenters. The average Bonchev–Trinajstić information content (AvgIpc) is 2.26. The van der Waals surface area contributed by atoms with Crippen molar-refractivity contribution in [1.29, 1.82) is 0 Å². The average molecular weight is 207 g/mol. The summed E-state index contributed by atoms with van der Waals surface area (Å²) in [5, 5.41) is 0. The van der Waals surface area contributed by atoms with E-state index in [-0.39, 0.29) is 0 Å². The minimum atomic E-state index is 1.14. The lowest BCUT2D eigenvalue weighted by Crippen LogP contribution is -1.96. The van der Waals surface area contributed by atoms with E-state index in [9.17, 15) is 0 Å². The van der Waals surface area contributed by atoms with Crippen LogP contribution in [0, 0.1) is 6.92 Å². The third-order valence-electron chi connectivity index (χ3n) is 2.26. The molecule has 0 bridgehead atoms. The van der Waals surface area contributed by atoms with Gasteiger partial charge in [-0.15, -0.1) is 0 Å². The number of nitrogens with zero attached hydrogens (tertiary/aromatic N) is 1. The molecule has 0 aliphatic heterocycles. The quantitative estimate of drug-likeness (QED) is 0.716. The molecule has 15 heavy (non-hydrogen) atoms. The van der Waals surface area contributed by atoms with E-state index in [1.807, 2.05) is 20.0 Å². The number of hydrogen-bond donors (Lipinski definition) is 0. The third kappa shape index (κ3) is 4.96. The van der Waals surface area contributed by atoms with Gasteiger partial charge in [0.1, 0.15) is 0 Å². The van der Waals surface area contributed by atoms with Gasteiger partial charge in [0, 0.05) is 11.9 Å². The Hall–Kier alpha value is -0.850. The first-order valence-electron chi connectivity index (χ1n) is 6.22. The van der Waals surface area contributed by atoms with Crippen LogP contribution in [0.2, 0.25) is 0 Å². The van der Waals surface area contributed by atoms with Gasteiger partial charge in [0.05, 0.1) is 0 Å². The first-order chi connectivity index (χ1) is 7.27. The van der Waals surface area contributed by atoms with Crippen LogP contribution in [-0.2, 0) is 12.8 Å². The molecule has 1 nitrogen and oxygen atoms in total. The maximum atomic E-state index is 4.34. The highest BCUT2D eigenvalue weighted by molar-refractivity contribution is 5.26. The second-order valence-corrected chi connectivity index (χ2v) is 3.59. The van der Waals surface area contributed by atoms with Crippen LogP contribution in [0.25, 0.3) is 0 Å². The standard InChI is InChI=1S/C12H19N.C2H6/c1-4-6-11-8-10(3)13-9-12(11)7-5-2;1-2/h8-9H,4-7H2,1-3H3;1-2H3. The predicted octanol–water partition coefficient (Wildman–Crippen LogP) is 4.32. The summed E-state index contributed by atoms with van der Waals surface area (Å²) in [6.45, 7) is 10.5. The first-order valence-corrected chi connectivity index (χ1v) is 6.22. The molecule has 0 radical (unpaired) electrons. The number of pyridine rings is 1. The smallest absolute Gasteiger partial charge is 0.0375 e. The molecule has 1 heteroatoms. The maximum absolute atomic E-state index is 4.34. The fourth-order valence-electron chi connectivity index (χ4n) is 1.64. The monoisotopic (exact) mass is 207 g/mol. The lowest BCUT2D eigenvalue weighted by Gasteiger charge is -2.07. The molecule has 1 aromatic heterocycles. The molecule has 0 saturated heterocycles. The Morgan fingerprint density at radius 3 is 2.07 bits per heavy atom. The molecule has 86 valence electrons. The predicted molar refractivity (Wildman–Crippen MR) is 68.3 cm³/mol. The Bertz CT molecular complexity index is 266. The minimum Gasteiger partial charge on any atom is -0.261 e. The summed E-state index contributed by atoms with van der Waals surface area (Å²) < 4.78 is 0. The van der Waals surface area contributed by atoms with Gasteiger partial charge >= 0.3 is 0 Å². The van der Waals surface area contributed by atoms with E-state index in [4.69, 9.17) is 0 Å². The van der Waals surface area contributed by atoms with Gasteiger partial charge in [0.25, 0.3) is 0 Å². The highest BCUT2D eigenvalue weighted by Gasteiger charge is 2.01. The van der Waals surface area contributed by atoms with Crippen molar-refractivity contribution in [3.8, 4) is 0 Å². The van der Waals surface area contributed by atoms with Crippen molar-refractivity contribution in [2.24, 2.45) is 0 Å². The molecule has 0 fully saturated rings. The van der Waals surface area contributed by atoms with Crippen molar-refractivity contribution in [3.63, 3.8) is 0 Å². The van der Waals surface area contributed by atoms with Gasteiger partial charge in [-0.1, -0.05) is 40.5 Å². The number of aromatic nitrogens is 1. The third-order valence-corrected chi connectivity index (χ3v) is 2.26. The van der Waals surface area contributed by atoms with E-state index in [1.54, 1.807) is 0 Å². The highest BCUT2D eigenvalue weighted by Crippen LogP contribution is 2.13. The first kappa shape index (κ1) is 14.2. The maximum Gasteiger partial charge on any atom is 0.0375 e. The molecule has 1 heterocycles. The summed E-state index contributed by atoms with van der Waals surface area (Å²) >= 11 is 0. The van der Waals surface area contributed by atoms with Gasteiger partial charge in [-0.25, -0.2) is 0 Å². The van der Waals surface area contributed by atoms with Crippen LogP contribution < -0.4 is 0 Å². The zero-order valence-electron chi connectivity index (χ0n) is 10.9. The Morgan fingerprint density at radius 2 is 1.53 bits per heavy atom. The van der Waals surface area contributed by atoms with Crippen molar-refractivity contribution in [2.75, 3.05) is 0 Å². The summed E-state index contributed by atoms with van der Waals surface area (Å²) in [7, 11) is 0. The van der Waals surface area contributed by atoms with E-state index < -0.39 is 0 Å². The number of hydrogen-bond acceptors (Lipinski definition) is 1. The van der Waals surface area contributed by atoms with E-state index in [2.05, 4.69) is 31.8 Å². The molecule has 1 aromatic rings. The van der Waals surface area contributed by atoms with Crippen LogP contribution in [0.1, 0.15) is 57.4 Å². The molecule has 0 aliphatic carbocycles. The SMILES string of the molecule is CC.CCCc1cnc(C)cc1CCC. The summed E-state index contributed by atoms with van der Waals surface area (Å²) in [6.07, 6.45) is 6.84. The van der Waals surface area contributed by atoms with Crippen molar-refractivity contribution >= 4 is 0 Å². The van der Waals surface area contributed by atoms with Crippen LogP contribution in [-0.4, -0.2) is 4.98 Å².